The summed E-state index contributed by atoms with van der Waals surface area (Å²) in [7, 11) is 5.89. The minimum atomic E-state index is -0.756. The summed E-state index contributed by atoms with van der Waals surface area (Å²) in [4.78, 5) is 27.5. The second-order valence-electron chi connectivity index (χ2n) is 11.2. The lowest BCUT2D eigenvalue weighted by Crippen LogP contribution is -2.45. The van der Waals surface area contributed by atoms with Gasteiger partial charge in [-0.15, -0.1) is 10.1 Å². The van der Waals surface area contributed by atoms with Crippen molar-refractivity contribution in [2.75, 3.05) is 34.3 Å². The van der Waals surface area contributed by atoms with Crippen LogP contribution in [0.2, 0.25) is 0 Å². The number of likely N-dealkylation sites (N-methyl/N-ethyl adjacent to an activating group) is 1. The number of esters is 1. The van der Waals surface area contributed by atoms with Crippen LogP contribution in [0.4, 0.5) is 0 Å². The molecule has 0 bridgehead atoms. The van der Waals surface area contributed by atoms with Gasteiger partial charge in [0.15, 0.2) is 6.54 Å². The van der Waals surface area contributed by atoms with Crippen molar-refractivity contribution in [1.82, 2.24) is 0 Å². The third kappa shape index (κ3) is 6.72. The average molecular weight is 476 g/mol. The number of ether oxygens (including phenoxy) is 2. The Bertz CT molecular complexity index is 947. The van der Waals surface area contributed by atoms with E-state index in [2.05, 4.69) is 37.8 Å². The average Bonchev–Trinajstić information content (AvgIpc) is 2.67. The molecule has 3 rings (SSSR count). The monoisotopic (exact) mass is 475 g/mol. The Labute approximate surface area is 202 Å². The molecule has 0 unspecified atom stereocenters. The predicted octanol–water partition coefficient (Wildman–Crippen LogP) is 4.83. The van der Waals surface area contributed by atoms with Crippen LogP contribution in [0.1, 0.15) is 69.9 Å². The Hall–Kier alpha value is -2.61. The van der Waals surface area contributed by atoms with Crippen LogP contribution in [0.3, 0.4) is 0 Å². The topological polar surface area (TPSA) is 87.9 Å². The number of fused-ring (bicyclic) bond motifs is 3. The Morgan fingerprint density at radius 2 is 1.97 bits per heavy atom. The molecule has 8 heteroatoms. The van der Waals surface area contributed by atoms with Gasteiger partial charge in [0.1, 0.15) is 17.1 Å². The maximum absolute atomic E-state index is 12.8. The Kier molecular flexibility index (Phi) is 7.91. The van der Waals surface area contributed by atoms with Crippen molar-refractivity contribution in [3.05, 3.63) is 45.0 Å². The maximum atomic E-state index is 12.8. The fourth-order valence-electron chi connectivity index (χ4n) is 5.08. The van der Waals surface area contributed by atoms with Crippen molar-refractivity contribution in [1.29, 1.82) is 0 Å². The van der Waals surface area contributed by atoms with E-state index in [1.807, 2.05) is 27.2 Å². The first-order chi connectivity index (χ1) is 15.9. The molecular weight excluding hydrogens is 436 g/mol. The number of nitrogens with zero attached hydrogens (tertiary/aromatic N) is 2. The minimum Gasteiger partial charge on any atom is -0.487 e. The molecule has 1 aliphatic carbocycles. The van der Waals surface area contributed by atoms with Gasteiger partial charge in [0.05, 0.1) is 27.7 Å². The Balaban J connectivity index is 1.88. The van der Waals surface area contributed by atoms with Crippen LogP contribution < -0.4 is 9.47 Å². The van der Waals surface area contributed by atoms with E-state index in [1.165, 1.54) is 5.57 Å². The van der Waals surface area contributed by atoms with Crippen molar-refractivity contribution in [2.24, 2.45) is 5.92 Å². The highest BCUT2D eigenvalue weighted by Crippen LogP contribution is 2.53. The van der Waals surface area contributed by atoms with Gasteiger partial charge in [-0.1, -0.05) is 18.1 Å². The largest absolute Gasteiger partial charge is 0.487 e. The van der Waals surface area contributed by atoms with E-state index in [9.17, 15) is 14.9 Å². The summed E-state index contributed by atoms with van der Waals surface area (Å²) in [6.45, 7) is 6.83. The fourth-order valence-corrected chi connectivity index (χ4v) is 5.08. The molecule has 188 valence electrons. The number of hydrogen-bond acceptors (Lipinski definition) is 6. The van der Waals surface area contributed by atoms with E-state index in [-0.39, 0.29) is 30.6 Å². The molecule has 0 aromatic heterocycles. The van der Waals surface area contributed by atoms with Crippen LogP contribution in [0, 0.1) is 16.0 Å². The molecule has 1 aromatic carbocycles. The highest BCUT2D eigenvalue weighted by Gasteiger charge is 2.45. The maximum Gasteiger partial charge on any atom is 0.367 e. The smallest absolute Gasteiger partial charge is 0.367 e. The summed E-state index contributed by atoms with van der Waals surface area (Å²) < 4.78 is 13.0. The van der Waals surface area contributed by atoms with Gasteiger partial charge >= 0.3 is 5.97 Å². The van der Waals surface area contributed by atoms with Crippen LogP contribution in [-0.2, 0) is 16.1 Å². The molecule has 1 aliphatic heterocycles. The summed E-state index contributed by atoms with van der Waals surface area (Å²) >= 11 is 0. The van der Waals surface area contributed by atoms with Gasteiger partial charge in [-0.2, -0.15) is 0 Å². The summed E-state index contributed by atoms with van der Waals surface area (Å²) in [6, 6.07) is 4.06. The number of unbranched alkanes of at least 4 members (excludes halogenated alkanes) is 2. The zero-order chi connectivity index (χ0) is 25.1. The summed E-state index contributed by atoms with van der Waals surface area (Å²) in [5.74, 6) is 1.58. The second kappa shape index (κ2) is 10.3. The molecule has 0 spiro atoms. The van der Waals surface area contributed by atoms with E-state index in [0.717, 1.165) is 49.0 Å². The van der Waals surface area contributed by atoms with Gasteiger partial charge in [0.25, 0.3) is 5.09 Å². The lowest BCUT2D eigenvalue weighted by atomic mass is 9.68. The summed E-state index contributed by atoms with van der Waals surface area (Å²) in [6.07, 6.45) is 7.45. The number of benzene rings is 1. The molecule has 0 saturated heterocycles. The van der Waals surface area contributed by atoms with Gasteiger partial charge < -0.3 is 18.8 Å². The second-order valence-corrected chi connectivity index (χ2v) is 11.2. The third-order valence-electron chi connectivity index (χ3n) is 6.64. The number of allylic oxidation sites excluding steroid dienone is 2. The summed E-state index contributed by atoms with van der Waals surface area (Å²) in [5, 5.41) is 9.54. The zero-order valence-electron chi connectivity index (χ0n) is 21.4. The fraction of sp³-hybridized carbons (Fsp3) is 0.654. The van der Waals surface area contributed by atoms with Crippen molar-refractivity contribution < 1.29 is 28.7 Å². The van der Waals surface area contributed by atoms with Gasteiger partial charge in [0.2, 0.25) is 0 Å². The lowest BCUT2D eigenvalue weighted by molar-refractivity contribution is -0.862. The molecule has 2 atom stereocenters. The molecule has 0 saturated carbocycles. The molecular formula is C26H39N2O6+. The van der Waals surface area contributed by atoms with E-state index in [4.69, 9.17) is 9.47 Å². The minimum absolute atomic E-state index is 0.108. The highest BCUT2D eigenvalue weighted by molar-refractivity contribution is 5.75. The van der Waals surface area contributed by atoms with Crippen LogP contribution in [0.15, 0.2) is 23.8 Å². The first-order valence-corrected chi connectivity index (χ1v) is 12.2. The first-order valence-electron chi connectivity index (χ1n) is 12.2. The standard InChI is InChI=1S/C26H39N2O6/c1-18-11-12-21-20(14-18)25-22(33-24(29)17-28(4,5)6)15-19(16-23(25)34-26(21,2)3)10-8-7-9-13-32-27(30)31/h14-16,20-21H,7-13,17H2,1-6H3/q+1/t20-,21-/m1/s1. The quantitative estimate of drug-likeness (QED) is 0.0916. The molecule has 0 N–H and O–H groups in total. The number of aryl methyl sites for hydroxylation is 1. The van der Waals surface area contributed by atoms with Gasteiger partial charge in [0, 0.05) is 17.4 Å². The van der Waals surface area contributed by atoms with E-state index in [0.29, 0.717) is 22.6 Å². The van der Waals surface area contributed by atoms with E-state index >= 15 is 0 Å². The molecule has 0 amide bonds. The molecule has 1 aromatic rings. The predicted molar refractivity (Wildman–Crippen MR) is 129 cm³/mol. The number of quaternary nitrogens is 1. The third-order valence-corrected chi connectivity index (χ3v) is 6.64. The van der Waals surface area contributed by atoms with Gasteiger partial charge in [-0.25, -0.2) is 4.79 Å². The lowest BCUT2D eigenvalue weighted by Gasteiger charge is -2.46. The van der Waals surface area contributed by atoms with Crippen LogP contribution in [-0.4, -0.2) is 55.4 Å². The molecule has 0 fully saturated rings. The van der Waals surface area contributed by atoms with E-state index < -0.39 is 5.09 Å². The molecule has 1 heterocycles. The van der Waals surface area contributed by atoms with Crippen molar-refractivity contribution >= 4 is 5.97 Å². The first kappa shape index (κ1) is 26.0. The molecule has 2 aliphatic rings. The number of carbonyl (C=O) groups excluding carboxylic acids is 1. The Morgan fingerprint density at radius 1 is 1.24 bits per heavy atom. The molecule has 8 nitrogen and oxygen atoms in total. The van der Waals surface area contributed by atoms with Crippen molar-refractivity contribution in [3.63, 3.8) is 0 Å². The van der Waals surface area contributed by atoms with Gasteiger partial charge in [-0.3, -0.25) is 0 Å². The SMILES string of the molecule is CC1=C[C@H]2c3c(OC(=O)C[N+](C)(C)C)cc(CCCCCO[N+](=O)[O-])cc3OC(C)(C)[C@@H]2CC1. The van der Waals surface area contributed by atoms with Crippen LogP contribution in [0.5, 0.6) is 11.5 Å². The van der Waals surface area contributed by atoms with Crippen molar-refractivity contribution in [3.8, 4) is 11.5 Å². The van der Waals surface area contributed by atoms with E-state index in [1.54, 1.807) is 0 Å². The van der Waals surface area contributed by atoms with Gasteiger partial charge in [-0.05, 0) is 70.6 Å². The number of rotatable bonds is 10. The molecule has 34 heavy (non-hydrogen) atoms. The van der Waals surface area contributed by atoms with Crippen LogP contribution >= 0.6 is 0 Å². The number of hydrogen-bond donors (Lipinski definition) is 0. The Morgan fingerprint density at radius 3 is 2.65 bits per heavy atom. The zero-order valence-corrected chi connectivity index (χ0v) is 21.4. The van der Waals surface area contributed by atoms with Crippen LogP contribution in [0.25, 0.3) is 0 Å². The highest BCUT2D eigenvalue weighted by atomic mass is 16.9. The number of carbonyl (C=O) groups is 1. The normalized spacial score (nSPS) is 20.9. The summed E-state index contributed by atoms with van der Waals surface area (Å²) in [5.41, 5.74) is 3.04. The van der Waals surface area contributed by atoms with Crippen molar-refractivity contribution in [2.45, 2.75) is 70.8 Å². The molecule has 0 radical (unpaired) electrons.